The quantitative estimate of drug-likeness (QED) is 0.817. The van der Waals surface area contributed by atoms with Crippen LogP contribution in [-0.4, -0.2) is 16.4 Å². The molecule has 0 bridgehead atoms. The largest absolute Gasteiger partial charge is 0.348 e. The van der Waals surface area contributed by atoms with Crippen LogP contribution in [0.15, 0.2) is 24.5 Å². The fourth-order valence-electron chi connectivity index (χ4n) is 1.73. The Kier molecular flexibility index (Phi) is 4.63. The van der Waals surface area contributed by atoms with Gasteiger partial charge in [0.25, 0.3) is 0 Å². The molecule has 0 saturated carbocycles. The topological polar surface area (TPSA) is 68.0 Å². The first-order valence-corrected chi connectivity index (χ1v) is 5.97. The predicted molar refractivity (Wildman–Crippen MR) is 68.3 cm³/mol. The molecule has 4 nitrogen and oxygen atoms in total. The van der Waals surface area contributed by atoms with E-state index in [0.29, 0.717) is 6.42 Å². The van der Waals surface area contributed by atoms with Crippen molar-refractivity contribution in [3.63, 3.8) is 0 Å². The van der Waals surface area contributed by atoms with Crippen LogP contribution in [0.4, 0.5) is 0 Å². The second kappa shape index (κ2) is 5.77. The molecule has 1 aromatic rings. The van der Waals surface area contributed by atoms with Gasteiger partial charge in [0.15, 0.2) is 0 Å². The summed E-state index contributed by atoms with van der Waals surface area (Å²) in [6.07, 6.45) is 5.00. The number of carbonyl (C=O) groups is 1. The standard InChI is InChI=1S/C13H21N3O/c1-4-7-13(3,14)12(17)16-10(2)11-5-8-15-9-6-11/h5-6,8-10H,4,7,14H2,1-3H3,(H,16,17). The van der Waals surface area contributed by atoms with E-state index in [9.17, 15) is 4.79 Å². The van der Waals surface area contributed by atoms with Crippen molar-refractivity contribution >= 4 is 5.91 Å². The molecular formula is C13H21N3O. The van der Waals surface area contributed by atoms with Gasteiger partial charge in [-0.05, 0) is 38.0 Å². The monoisotopic (exact) mass is 235 g/mol. The van der Waals surface area contributed by atoms with E-state index in [4.69, 9.17) is 5.73 Å². The highest BCUT2D eigenvalue weighted by atomic mass is 16.2. The van der Waals surface area contributed by atoms with Crippen molar-refractivity contribution in [2.75, 3.05) is 0 Å². The zero-order valence-electron chi connectivity index (χ0n) is 10.7. The molecule has 1 aromatic heterocycles. The summed E-state index contributed by atoms with van der Waals surface area (Å²) in [5, 5.41) is 2.93. The second-order valence-electron chi connectivity index (χ2n) is 4.64. The lowest BCUT2D eigenvalue weighted by Crippen LogP contribution is -2.52. The molecule has 3 N–H and O–H groups in total. The van der Waals surface area contributed by atoms with Crippen LogP contribution in [0.2, 0.25) is 0 Å². The number of carbonyl (C=O) groups excluding carboxylic acids is 1. The van der Waals surface area contributed by atoms with Gasteiger partial charge in [-0.3, -0.25) is 9.78 Å². The molecule has 0 aliphatic heterocycles. The molecule has 17 heavy (non-hydrogen) atoms. The first-order valence-electron chi connectivity index (χ1n) is 5.97. The van der Waals surface area contributed by atoms with Crippen LogP contribution in [0.25, 0.3) is 0 Å². The van der Waals surface area contributed by atoms with E-state index in [1.165, 1.54) is 0 Å². The van der Waals surface area contributed by atoms with Crippen LogP contribution >= 0.6 is 0 Å². The molecule has 94 valence electrons. The number of pyridine rings is 1. The molecule has 0 aliphatic rings. The van der Waals surface area contributed by atoms with E-state index in [0.717, 1.165) is 12.0 Å². The van der Waals surface area contributed by atoms with Crippen molar-refractivity contribution in [1.82, 2.24) is 10.3 Å². The molecule has 0 aliphatic carbocycles. The Hall–Kier alpha value is -1.42. The minimum absolute atomic E-state index is 0.0507. The minimum Gasteiger partial charge on any atom is -0.348 e. The van der Waals surface area contributed by atoms with E-state index < -0.39 is 5.54 Å². The number of nitrogens with zero attached hydrogens (tertiary/aromatic N) is 1. The summed E-state index contributed by atoms with van der Waals surface area (Å²) in [6.45, 7) is 5.73. The van der Waals surface area contributed by atoms with Crippen LogP contribution in [0.1, 0.15) is 45.2 Å². The number of aromatic nitrogens is 1. The number of nitrogens with two attached hydrogens (primary N) is 1. The maximum Gasteiger partial charge on any atom is 0.240 e. The average molecular weight is 235 g/mol. The molecule has 1 amide bonds. The van der Waals surface area contributed by atoms with Crippen molar-refractivity contribution in [2.45, 2.75) is 45.2 Å². The fourth-order valence-corrected chi connectivity index (χ4v) is 1.73. The molecule has 0 aromatic carbocycles. The van der Waals surface area contributed by atoms with Gasteiger partial charge in [0.05, 0.1) is 11.6 Å². The van der Waals surface area contributed by atoms with Crippen LogP contribution in [-0.2, 0) is 4.79 Å². The summed E-state index contributed by atoms with van der Waals surface area (Å²) >= 11 is 0. The van der Waals surface area contributed by atoms with Crippen molar-refractivity contribution in [3.8, 4) is 0 Å². The van der Waals surface area contributed by atoms with Gasteiger partial charge < -0.3 is 11.1 Å². The van der Waals surface area contributed by atoms with Crippen molar-refractivity contribution in [1.29, 1.82) is 0 Å². The van der Waals surface area contributed by atoms with Gasteiger partial charge in [-0.2, -0.15) is 0 Å². The molecule has 0 radical (unpaired) electrons. The van der Waals surface area contributed by atoms with Crippen molar-refractivity contribution in [3.05, 3.63) is 30.1 Å². The van der Waals surface area contributed by atoms with Gasteiger partial charge in [0, 0.05) is 12.4 Å². The number of hydrogen-bond donors (Lipinski definition) is 2. The Morgan fingerprint density at radius 2 is 2.12 bits per heavy atom. The second-order valence-corrected chi connectivity index (χ2v) is 4.64. The first-order chi connectivity index (χ1) is 7.97. The third-order valence-corrected chi connectivity index (χ3v) is 2.84. The first kappa shape index (κ1) is 13.6. The highest BCUT2D eigenvalue weighted by molar-refractivity contribution is 5.85. The number of amides is 1. The number of nitrogens with one attached hydrogen (secondary N) is 1. The zero-order valence-corrected chi connectivity index (χ0v) is 10.7. The van der Waals surface area contributed by atoms with Crippen molar-refractivity contribution in [2.24, 2.45) is 5.73 Å². The Morgan fingerprint density at radius 3 is 2.65 bits per heavy atom. The van der Waals surface area contributed by atoms with Gasteiger partial charge in [-0.15, -0.1) is 0 Å². The SMILES string of the molecule is CCCC(C)(N)C(=O)NC(C)c1ccncc1. The minimum atomic E-state index is -0.796. The lowest BCUT2D eigenvalue weighted by atomic mass is 9.96. The molecule has 1 heterocycles. The summed E-state index contributed by atoms with van der Waals surface area (Å²) < 4.78 is 0. The summed E-state index contributed by atoms with van der Waals surface area (Å²) in [6, 6.07) is 3.72. The highest BCUT2D eigenvalue weighted by Gasteiger charge is 2.28. The van der Waals surface area contributed by atoms with E-state index in [1.54, 1.807) is 19.3 Å². The molecule has 0 fully saturated rings. The van der Waals surface area contributed by atoms with E-state index in [-0.39, 0.29) is 11.9 Å². The molecule has 4 heteroatoms. The van der Waals surface area contributed by atoms with Crippen LogP contribution in [0.5, 0.6) is 0 Å². The summed E-state index contributed by atoms with van der Waals surface area (Å²) in [4.78, 5) is 15.9. The number of rotatable bonds is 5. The van der Waals surface area contributed by atoms with Crippen LogP contribution in [0.3, 0.4) is 0 Å². The molecule has 2 atom stereocenters. The third kappa shape index (κ3) is 3.82. The van der Waals surface area contributed by atoms with Gasteiger partial charge in [0.2, 0.25) is 5.91 Å². The Bertz CT molecular complexity index is 362. The fraction of sp³-hybridized carbons (Fsp3) is 0.538. The molecule has 0 saturated heterocycles. The molecule has 1 rings (SSSR count). The van der Waals surface area contributed by atoms with Gasteiger partial charge in [-0.25, -0.2) is 0 Å². The Balaban J connectivity index is 2.63. The van der Waals surface area contributed by atoms with Gasteiger partial charge in [0.1, 0.15) is 0 Å². The third-order valence-electron chi connectivity index (χ3n) is 2.84. The zero-order chi connectivity index (χ0) is 12.9. The van der Waals surface area contributed by atoms with Crippen molar-refractivity contribution < 1.29 is 4.79 Å². The van der Waals surface area contributed by atoms with E-state index in [2.05, 4.69) is 10.3 Å². The summed E-state index contributed by atoms with van der Waals surface area (Å²) in [7, 11) is 0. The maximum atomic E-state index is 12.0. The normalized spacial score (nSPS) is 16.0. The Labute approximate surface area is 103 Å². The number of hydrogen-bond acceptors (Lipinski definition) is 3. The summed E-state index contributed by atoms with van der Waals surface area (Å²) in [5.74, 6) is -0.108. The van der Waals surface area contributed by atoms with E-state index >= 15 is 0 Å². The molecule has 2 unspecified atom stereocenters. The maximum absolute atomic E-state index is 12.0. The van der Waals surface area contributed by atoms with Crippen LogP contribution < -0.4 is 11.1 Å². The van der Waals surface area contributed by atoms with Crippen LogP contribution in [0, 0.1) is 0 Å². The highest BCUT2D eigenvalue weighted by Crippen LogP contribution is 2.14. The Morgan fingerprint density at radius 1 is 1.53 bits per heavy atom. The summed E-state index contributed by atoms with van der Waals surface area (Å²) in [5.41, 5.74) is 6.21. The molecule has 0 spiro atoms. The lowest BCUT2D eigenvalue weighted by molar-refractivity contribution is -0.126. The van der Waals surface area contributed by atoms with Gasteiger partial charge in [-0.1, -0.05) is 13.3 Å². The lowest BCUT2D eigenvalue weighted by Gasteiger charge is -2.25. The van der Waals surface area contributed by atoms with E-state index in [1.807, 2.05) is 26.0 Å². The smallest absolute Gasteiger partial charge is 0.240 e. The predicted octanol–water partition coefficient (Wildman–Crippen LogP) is 1.78. The van der Waals surface area contributed by atoms with Gasteiger partial charge >= 0.3 is 0 Å². The molecular weight excluding hydrogens is 214 g/mol. The average Bonchev–Trinajstić information content (AvgIpc) is 2.30.